The molecule has 7 nitrogen and oxygen atoms in total. The third-order valence-electron chi connectivity index (χ3n) is 4.92. The van der Waals surface area contributed by atoms with Gasteiger partial charge in [0.15, 0.2) is 10.9 Å². The first-order chi connectivity index (χ1) is 14.5. The van der Waals surface area contributed by atoms with E-state index in [0.29, 0.717) is 0 Å². The van der Waals surface area contributed by atoms with Crippen molar-refractivity contribution in [2.24, 2.45) is 0 Å². The first-order valence-electron chi connectivity index (χ1n) is 9.12. The number of carbonyl (C=O) groups excluding carboxylic acids is 1. The molecule has 1 amide bonds. The van der Waals surface area contributed by atoms with Crippen molar-refractivity contribution in [3.05, 3.63) is 87.5 Å². The van der Waals surface area contributed by atoms with Gasteiger partial charge in [-0.2, -0.15) is 0 Å². The van der Waals surface area contributed by atoms with Crippen LogP contribution in [-0.2, 0) is 6.42 Å². The summed E-state index contributed by atoms with van der Waals surface area (Å²) in [6, 6.07) is 18.2. The second-order valence-electron chi connectivity index (χ2n) is 6.76. The Hall–Kier alpha value is -3.78. The van der Waals surface area contributed by atoms with Crippen molar-refractivity contribution in [1.29, 1.82) is 0 Å². The maximum absolute atomic E-state index is 12.5. The van der Waals surface area contributed by atoms with Gasteiger partial charge in [0.25, 0.3) is 5.91 Å². The van der Waals surface area contributed by atoms with E-state index in [1.165, 1.54) is 41.5 Å². The lowest BCUT2D eigenvalue weighted by Crippen LogP contribution is -2.34. The molecule has 150 valence electrons. The average molecular weight is 419 g/mol. The number of nitrogens with one attached hydrogen (secondary N) is 2. The Kier molecular flexibility index (Phi) is 5.16. The van der Waals surface area contributed by atoms with Crippen LogP contribution >= 0.6 is 12.2 Å². The number of benzene rings is 3. The van der Waals surface area contributed by atoms with Crippen LogP contribution in [0.2, 0.25) is 0 Å². The van der Waals surface area contributed by atoms with Gasteiger partial charge in [-0.25, -0.2) is 0 Å². The van der Waals surface area contributed by atoms with Gasteiger partial charge < -0.3 is 10.1 Å². The Morgan fingerprint density at radius 3 is 2.60 bits per heavy atom. The molecule has 0 fully saturated rings. The van der Waals surface area contributed by atoms with Crippen molar-refractivity contribution in [3.8, 4) is 16.9 Å². The molecule has 0 bridgehead atoms. The Labute approximate surface area is 177 Å². The van der Waals surface area contributed by atoms with E-state index in [9.17, 15) is 14.9 Å². The summed E-state index contributed by atoms with van der Waals surface area (Å²) in [5.74, 6) is -0.469. The van der Waals surface area contributed by atoms with Crippen LogP contribution in [0.5, 0.6) is 5.75 Å². The van der Waals surface area contributed by atoms with Crippen LogP contribution < -0.4 is 15.4 Å². The smallest absolute Gasteiger partial charge is 0.311 e. The van der Waals surface area contributed by atoms with Crippen molar-refractivity contribution >= 4 is 34.6 Å². The zero-order valence-electron chi connectivity index (χ0n) is 16.0. The molecule has 0 aliphatic heterocycles. The summed E-state index contributed by atoms with van der Waals surface area (Å²) in [6.45, 7) is 0. The highest BCUT2D eigenvalue weighted by atomic mass is 32.1. The number of thiocarbonyl (C=S) groups is 1. The van der Waals surface area contributed by atoms with Gasteiger partial charge in [-0.1, -0.05) is 30.3 Å². The van der Waals surface area contributed by atoms with E-state index in [-0.39, 0.29) is 22.1 Å². The predicted octanol–water partition coefficient (Wildman–Crippen LogP) is 4.30. The van der Waals surface area contributed by atoms with Gasteiger partial charge >= 0.3 is 5.69 Å². The molecule has 3 aromatic rings. The van der Waals surface area contributed by atoms with Crippen molar-refractivity contribution in [3.63, 3.8) is 0 Å². The monoisotopic (exact) mass is 419 g/mol. The largest absolute Gasteiger partial charge is 0.490 e. The first-order valence-corrected chi connectivity index (χ1v) is 9.53. The molecule has 3 aromatic carbocycles. The molecule has 0 heterocycles. The molecular weight excluding hydrogens is 402 g/mol. The number of nitrogens with zero attached hydrogens (tertiary/aromatic N) is 1. The van der Waals surface area contributed by atoms with E-state index in [1.807, 2.05) is 30.3 Å². The van der Waals surface area contributed by atoms with E-state index < -0.39 is 10.8 Å². The van der Waals surface area contributed by atoms with Gasteiger partial charge in [0, 0.05) is 17.3 Å². The number of carbonyl (C=O) groups is 1. The van der Waals surface area contributed by atoms with Crippen molar-refractivity contribution in [2.45, 2.75) is 6.42 Å². The normalized spacial score (nSPS) is 11.2. The van der Waals surface area contributed by atoms with Gasteiger partial charge in [0.05, 0.1) is 12.0 Å². The fourth-order valence-corrected chi connectivity index (χ4v) is 3.74. The fraction of sp³-hybridized carbons (Fsp3) is 0.0909. The number of fused-ring (bicyclic) bond motifs is 3. The first kappa shape index (κ1) is 19.5. The van der Waals surface area contributed by atoms with E-state index >= 15 is 0 Å². The Balaban J connectivity index is 1.46. The molecule has 0 saturated heterocycles. The molecule has 0 aromatic heterocycles. The van der Waals surface area contributed by atoms with Crippen LogP contribution in [0.3, 0.4) is 0 Å². The van der Waals surface area contributed by atoms with E-state index in [0.717, 1.165) is 18.2 Å². The number of rotatable bonds is 4. The van der Waals surface area contributed by atoms with Crippen LogP contribution in [-0.4, -0.2) is 23.1 Å². The highest BCUT2D eigenvalue weighted by Gasteiger charge is 2.20. The Bertz CT molecular complexity index is 1190. The summed E-state index contributed by atoms with van der Waals surface area (Å²) in [7, 11) is 1.33. The van der Waals surface area contributed by atoms with Crippen LogP contribution in [0, 0.1) is 10.1 Å². The number of methoxy groups -OCH3 is 1. The third-order valence-corrected chi connectivity index (χ3v) is 5.12. The number of amides is 1. The number of ether oxygens (including phenoxy) is 1. The Morgan fingerprint density at radius 2 is 1.83 bits per heavy atom. The van der Waals surface area contributed by atoms with Crippen LogP contribution in [0.25, 0.3) is 11.1 Å². The molecular formula is C22H17N3O4S. The van der Waals surface area contributed by atoms with Crippen molar-refractivity contribution in [2.75, 3.05) is 12.4 Å². The van der Waals surface area contributed by atoms with Crippen molar-refractivity contribution < 1.29 is 14.5 Å². The number of nitro groups is 1. The van der Waals surface area contributed by atoms with E-state index in [2.05, 4.69) is 22.8 Å². The lowest BCUT2D eigenvalue weighted by molar-refractivity contribution is -0.385. The summed E-state index contributed by atoms with van der Waals surface area (Å²) in [4.78, 5) is 23.0. The summed E-state index contributed by atoms with van der Waals surface area (Å²) in [5.41, 5.74) is 5.46. The highest BCUT2D eigenvalue weighted by Crippen LogP contribution is 2.37. The predicted molar refractivity (Wildman–Crippen MR) is 118 cm³/mol. The van der Waals surface area contributed by atoms with Gasteiger partial charge in [-0.05, 0) is 65.2 Å². The maximum atomic E-state index is 12.5. The number of nitro benzene ring substituents is 1. The second-order valence-corrected chi connectivity index (χ2v) is 7.17. The van der Waals surface area contributed by atoms with Crippen molar-refractivity contribution in [1.82, 2.24) is 5.32 Å². The molecule has 30 heavy (non-hydrogen) atoms. The van der Waals surface area contributed by atoms with Crippen LogP contribution in [0.4, 0.5) is 11.4 Å². The molecule has 4 rings (SSSR count). The van der Waals surface area contributed by atoms with Gasteiger partial charge in [0.1, 0.15) is 0 Å². The van der Waals surface area contributed by atoms with Gasteiger partial charge in [-0.3, -0.25) is 20.2 Å². The minimum Gasteiger partial charge on any atom is -0.490 e. The molecule has 0 saturated carbocycles. The topological polar surface area (TPSA) is 93.5 Å². The molecule has 0 unspecified atom stereocenters. The minimum atomic E-state index is -0.602. The SMILES string of the molecule is COc1ccc(C(=O)NC(=S)Nc2ccc3c(c2)Cc2ccccc2-3)cc1[N+](=O)[O-]. The molecule has 1 aliphatic rings. The summed E-state index contributed by atoms with van der Waals surface area (Å²) in [6.07, 6.45) is 0.843. The summed E-state index contributed by atoms with van der Waals surface area (Å²) < 4.78 is 4.95. The fourth-order valence-electron chi connectivity index (χ4n) is 3.53. The number of hydrogen-bond donors (Lipinski definition) is 2. The summed E-state index contributed by atoms with van der Waals surface area (Å²) in [5, 5.41) is 16.8. The maximum Gasteiger partial charge on any atom is 0.311 e. The average Bonchev–Trinajstić information content (AvgIpc) is 3.10. The lowest BCUT2D eigenvalue weighted by atomic mass is 10.1. The van der Waals surface area contributed by atoms with Gasteiger partial charge in [0.2, 0.25) is 0 Å². The minimum absolute atomic E-state index is 0.0800. The van der Waals surface area contributed by atoms with Gasteiger partial charge in [-0.15, -0.1) is 0 Å². The van der Waals surface area contributed by atoms with Crippen LogP contribution in [0.1, 0.15) is 21.5 Å². The van der Waals surface area contributed by atoms with E-state index in [4.69, 9.17) is 17.0 Å². The zero-order valence-corrected chi connectivity index (χ0v) is 16.8. The molecule has 0 radical (unpaired) electrons. The quantitative estimate of drug-likeness (QED) is 0.291. The van der Waals surface area contributed by atoms with Crippen LogP contribution in [0.15, 0.2) is 60.7 Å². The van der Waals surface area contributed by atoms with E-state index in [1.54, 1.807) is 0 Å². The third kappa shape index (κ3) is 3.72. The molecule has 2 N–H and O–H groups in total. The number of hydrogen-bond acceptors (Lipinski definition) is 5. The Morgan fingerprint density at radius 1 is 1.07 bits per heavy atom. The lowest BCUT2D eigenvalue weighted by Gasteiger charge is -2.11. The number of anilines is 1. The second kappa shape index (κ2) is 7.92. The summed E-state index contributed by atoms with van der Waals surface area (Å²) >= 11 is 5.24. The standard InChI is InChI=1S/C22H17N3O4S/c1-29-20-9-6-14(12-19(20)25(27)28)21(26)24-22(30)23-16-7-8-18-15(11-16)10-13-4-2-3-5-17(13)18/h2-9,11-12H,10H2,1H3,(H2,23,24,26,30). The molecule has 1 aliphatic carbocycles. The molecule has 0 atom stereocenters. The molecule has 0 spiro atoms. The highest BCUT2D eigenvalue weighted by molar-refractivity contribution is 7.80. The zero-order chi connectivity index (χ0) is 21.3. The molecule has 8 heteroatoms.